The molecule has 2 aromatic carbocycles. The smallest absolute Gasteiger partial charge is 0.122 e. The summed E-state index contributed by atoms with van der Waals surface area (Å²) in [4.78, 5) is 0. The molecule has 1 N–H and O–H groups in total. The number of hydrogen-bond acceptors (Lipinski definition) is 2. The minimum absolute atomic E-state index is 0.410. The van der Waals surface area contributed by atoms with Crippen LogP contribution in [0.3, 0.4) is 0 Å². The molecule has 0 amide bonds. The third-order valence-corrected chi connectivity index (χ3v) is 3.63. The average Bonchev–Trinajstić information content (AvgIpc) is 2.47. The van der Waals surface area contributed by atoms with Crippen molar-refractivity contribution in [1.29, 1.82) is 0 Å². The van der Waals surface area contributed by atoms with E-state index in [4.69, 9.17) is 4.74 Å². The third kappa shape index (κ3) is 3.84. The van der Waals surface area contributed by atoms with Crippen LogP contribution in [0.1, 0.15) is 16.7 Å². The van der Waals surface area contributed by atoms with Gasteiger partial charge in [-0.3, -0.25) is 0 Å². The first-order valence-corrected chi connectivity index (χ1v) is 7.07. The van der Waals surface area contributed by atoms with E-state index in [-0.39, 0.29) is 0 Å². The summed E-state index contributed by atoms with van der Waals surface area (Å²) in [6.07, 6.45) is 1.99. The molecule has 2 nitrogen and oxygen atoms in total. The van der Waals surface area contributed by atoms with Crippen molar-refractivity contribution in [2.45, 2.75) is 25.8 Å². The van der Waals surface area contributed by atoms with E-state index in [0.29, 0.717) is 6.04 Å². The lowest BCUT2D eigenvalue weighted by molar-refractivity contribution is 0.406. The summed E-state index contributed by atoms with van der Waals surface area (Å²) < 4.78 is 5.43. The Kier molecular flexibility index (Phi) is 5.19. The summed E-state index contributed by atoms with van der Waals surface area (Å²) in [5.41, 5.74) is 3.94. The molecule has 1 atom stereocenters. The van der Waals surface area contributed by atoms with Crippen LogP contribution in [0.25, 0.3) is 0 Å². The van der Waals surface area contributed by atoms with Crippen LogP contribution >= 0.6 is 0 Å². The highest BCUT2D eigenvalue weighted by atomic mass is 16.5. The summed E-state index contributed by atoms with van der Waals surface area (Å²) in [6, 6.07) is 17.4. The van der Waals surface area contributed by atoms with Gasteiger partial charge in [-0.05, 0) is 44.0 Å². The molecule has 0 saturated carbocycles. The Labute approximate surface area is 121 Å². The lowest BCUT2D eigenvalue weighted by atomic mass is 9.97. The molecule has 1 unspecified atom stereocenters. The zero-order valence-corrected chi connectivity index (χ0v) is 12.5. The average molecular weight is 269 g/mol. The molecule has 0 aliphatic rings. The Morgan fingerprint density at radius 2 is 1.85 bits per heavy atom. The Morgan fingerprint density at radius 1 is 1.05 bits per heavy atom. The summed E-state index contributed by atoms with van der Waals surface area (Å²) in [5.74, 6) is 0.969. The predicted octanol–water partition coefficient (Wildman–Crippen LogP) is 3.38. The number of aryl methyl sites for hydroxylation is 1. The van der Waals surface area contributed by atoms with Gasteiger partial charge >= 0.3 is 0 Å². The third-order valence-electron chi connectivity index (χ3n) is 3.63. The first-order chi connectivity index (χ1) is 9.72. The van der Waals surface area contributed by atoms with Crippen molar-refractivity contribution in [1.82, 2.24) is 5.32 Å². The normalized spacial score (nSPS) is 12.2. The van der Waals surface area contributed by atoms with Crippen molar-refractivity contribution in [3.8, 4) is 5.75 Å². The minimum atomic E-state index is 0.410. The zero-order chi connectivity index (χ0) is 14.4. The lowest BCUT2D eigenvalue weighted by Crippen LogP contribution is -2.30. The van der Waals surface area contributed by atoms with Crippen LogP contribution in [0.15, 0.2) is 48.5 Å². The van der Waals surface area contributed by atoms with E-state index in [0.717, 1.165) is 18.6 Å². The molecule has 0 aliphatic heterocycles. The Bertz CT molecular complexity index is 551. The SMILES string of the molecule is CNC(Cc1cccc(C)c1)Cc1ccccc1OC. The topological polar surface area (TPSA) is 21.3 Å². The summed E-state index contributed by atoms with van der Waals surface area (Å²) in [6.45, 7) is 2.14. The standard InChI is InChI=1S/C18H23NO/c1-14-7-6-8-15(11-14)12-17(19-2)13-16-9-4-5-10-18(16)20-3/h4-11,17,19H,12-13H2,1-3H3. The summed E-state index contributed by atoms with van der Waals surface area (Å²) in [7, 11) is 3.75. The monoisotopic (exact) mass is 269 g/mol. The van der Waals surface area contributed by atoms with Gasteiger partial charge in [0.25, 0.3) is 0 Å². The van der Waals surface area contributed by atoms with Crippen LogP contribution < -0.4 is 10.1 Å². The Hall–Kier alpha value is -1.80. The fourth-order valence-corrected chi connectivity index (χ4v) is 2.54. The number of ether oxygens (including phenoxy) is 1. The minimum Gasteiger partial charge on any atom is -0.496 e. The number of hydrogen-bond donors (Lipinski definition) is 1. The van der Waals surface area contributed by atoms with E-state index >= 15 is 0 Å². The van der Waals surface area contributed by atoms with Gasteiger partial charge in [0, 0.05) is 6.04 Å². The second-order valence-corrected chi connectivity index (χ2v) is 5.19. The molecule has 0 saturated heterocycles. The van der Waals surface area contributed by atoms with Gasteiger partial charge in [0.05, 0.1) is 7.11 Å². The number of likely N-dealkylation sites (N-methyl/N-ethyl adjacent to an activating group) is 1. The highest BCUT2D eigenvalue weighted by molar-refractivity contribution is 5.34. The highest BCUT2D eigenvalue weighted by Crippen LogP contribution is 2.20. The zero-order valence-electron chi connectivity index (χ0n) is 12.5. The van der Waals surface area contributed by atoms with E-state index in [1.165, 1.54) is 16.7 Å². The molecule has 2 aromatic rings. The molecular formula is C18H23NO. The highest BCUT2D eigenvalue weighted by Gasteiger charge is 2.11. The predicted molar refractivity (Wildman–Crippen MR) is 84.4 cm³/mol. The maximum atomic E-state index is 5.43. The maximum absolute atomic E-state index is 5.43. The number of nitrogens with one attached hydrogen (secondary N) is 1. The van der Waals surface area contributed by atoms with Crippen LogP contribution in [-0.2, 0) is 12.8 Å². The molecule has 0 spiro atoms. The molecule has 0 aliphatic carbocycles. The van der Waals surface area contributed by atoms with E-state index in [1.807, 2.05) is 19.2 Å². The van der Waals surface area contributed by atoms with Crippen molar-refractivity contribution in [2.24, 2.45) is 0 Å². The van der Waals surface area contributed by atoms with Gasteiger partial charge in [0.2, 0.25) is 0 Å². The number of para-hydroxylation sites is 1. The first kappa shape index (κ1) is 14.6. The van der Waals surface area contributed by atoms with Crippen molar-refractivity contribution >= 4 is 0 Å². The number of methoxy groups -OCH3 is 1. The first-order valence-electron chi connectivity index (χ1n) is 7.07. The molecular weight excluding hydrogens is 246 g/mol. The van der Waals surface area contributed by atoms with Crippen LogP contribution in [0.5, 0.6) is 5.75 Å². The fraction of sp³-hybridized carbons (Fsp3) is 0.333. The van der Waals surface area contributed by atoms with E-state index in [1.54, 1.807) is 7.11 Å². The van der Waals surface area contributed by atoms with Gasteiger partial charge in [0.1, 0.15) is 5.75 Å². The lowest BCUT2D eigenvalue weighted by Gasteiger charge is -2.18. The summed E-state index contributed by atoms with van der Waals surface area (Å²) in [5, 5.41) is 3.41. The number of rotatable bonds is 6. The van der Waals surface area contributed by atoms with Crippen molar-refractivity contribution in [3.63, 3.8) is 0 Å². The van der Waals surface area contributed by atoms with Gasteiger partial charge < -0.3 is 10.1 Å². The van der Waals surface area contributed by atoms with Gasteiger partial charge in [-0.1, -0.05) is 48.0 Å². The van der Waals surface area contributed by atoms with Crippen LogP contribution in [0.4, 0.5) is 0 Å². The van der Waals surface area contributed by atoms with Crippen molar-refractivity contribution < 1.29 is 4.74 Å². The fourth-order valence-electron chi connectivity index (χ4n) is 2.54. The Morgan fingerprint density at radius 3 is 2.55 bits per heavy atom. The van der Waals surface area contributed by atoms with Crippen LogP contribution in [0.2, 0.25) is 0 Å². The van der Waals surface area contributed by atoms with Crippen LogP contribution in [0, 0.1) is 6.92 Å². The molecule has 0 bridgehead atoms. The van der Waals surface area contributed by atoms with E-state index in [2.05, 4.69) is 48.6 Å². The molecule has 20 heavy (non-hydrogen) atoms. The van der Waals surface area contributed by atoms with Gasteiger partial charge in [0.15, 0.2) is 0 Å². The van der Waals surface area contributed by atoms with Crippen molar-refractivity contribution in [2.75, 3.05) is 14.2 Å². The van der Waals surface area contributed by atoms with Gasteiger partial charge in [-0.2, -0.15) is 0 Å². The summed E-state index contributed by atoms with van der Waals surface area (Å²) >= 11 is 0. The quantitative estimate of drug-likeness (QED) is 0.868. The molecule has 106 valence electrons. The second-order valence-electron chi connectivity index (χ2n) is 5.19. The molecule has 0 radical (unpaired) electrons. The maximum Gasteiger partial charge on any atom is 0.122 e. The van der Waals surface area contributed by atoms with E-state index in [9.17, 15) is 0 Å². The van der Waals surface area contributed by atoms with Gasteiger partial charge in [-0.15, -0.1) is 0 Å². The Balaban J connectivity index is 2.09. The molecule has 2 rings (SSSR count). The molecule has 0 aromatic heterocycles. The number of benzene rings is 2. The molecule has 2 heteroatoms. The van der Waals surface area contributed by atoms with Crippen LogP contribution in [-0.4, -0.2) is 20.2 Å². The second kappa shape index (κ2) is 7.11. The molecule has 0 fully saturated rings. The van der Waals surface area contributed by atoms with E-state index < -0.39 is 0 Å². The largest absolute Gasteiger partial charge is 0.496 e. The van der Waals surface area contributed by atoms with Gasteiger partial charge in [-0.25, -0.2) is 0 Å². The van der Waals surface area contributed by atoms with Crippen molar-refractivity contribution in [3.05, 3.63) is 65.2 Å². The molecule has 0 heterocycles.